The molecule has 72 valence electrons. The third kappa shape index (κ3) is 3.69. The lowest BCUT2D eigenvalue weighted by Crippen LogP contribution is -1.94. The van der Waals surface area contributed by atoms with Crippen LogP contribution in [0.1, 0.15) is 33.5 Å². The largest absolute Gasteiger partial charge is 0.236 e. The predicted molar refractivity (Wildman–Crippen MR) is 57.8 cm³/mol. The quantitative estimate of drug-likeness (QED) is 0.642. The zero-order valence-corrected chi connectivity index (χ0v) is 8.78. The SMILES string of the molecule is C=Cc1nccn1N=C(C)C.CC. The first-order valence-corrected chi connectivity index (χ1v) is 4.42. The first-order valence-electron chi connectivity index (χ1n) is 4.42. The molecule has 1 aromatic heterocycles. The third-order valence-corrected chi connectivity index (χ3v) is 1.14. The van der Waals surface area contributed by atoms with E-state index in [9.17, 15) is 0 Å². The van der Waals surface area contributed by atoms with Crippen LogP contribution in [-0.4, -0.2) is 15.4 Å². The van der Waals surface area contributed by atoms with Gasteiger partial charge in [0.15, 0.2) is 5.82 Å². The summed E-state index contributed by atoms with van der Waals surface area (Å²) in [6, 6.07) is 0. The molecule has 3 heteroatoms. The molecular weight excluding hydrogens is 162 g/mol. The molecule has 0 spiro atoms. The van der Waals surface area contributed by atoms with Gasteiger partial charge >= 0.3 is 0 Å². The molecule has 0 fully saturated rings. The lowest BCUT2D eigenvalue weighted by atomic mass is 10.5. The summed E-state index contributed by atoms with van der Waals surface area (Å²) in [5.41, 5.74) is 0.992. The van der Waals surface area contributed by atoms with Crippen LogP contribution in [-0.2, 0) is 0 Å². The van der Waals surface area contributed by atoms with Crippen LogP contribution in [0.3, 0.4) is 0 Å². The molecule has 0 aromatic carbocycles. The van der Waals surface area contributed by atoms with Crippen molar-refractivity contribution in [3.8, 4) is 0 Å². The van der Waals surface area contributed by atoms with Gasteiger partial charge in [0.2, 0.25) is 0 Å². The van der Waals surface area contributed by atoms with Crippen LogP contribution in [0.4, 0.5) is 0 Å². The minimum atomic E-state index is 0.770. The van der Waals surface area contributed by atoms with Crippen molar-refractivity contribution in [1.29, 1.82) is 0 Å². The van der Waals surface area contributed by atoms with E-state index >= 15 is 0 Å². The highest BCUT2D eigenvalue weighted by Crippen LogP contribution is 1.98. The zero-order valence-electron chi connectivity index (χ0n) is 8.78. The molecule has 0 aliphatic rings. The summed E-state index contributed by atoms with van der Waals surface area (Å²) in [6.45, 7) is 11.5. The fourth-order valence-corrected chi connectivity index (χ4v) is 0.755. The second-order valence-corrected chi connectivity index (χ2v) is 2.38. The molecule has 0 amide bonds. The van der Waals surface area contributed by atoms with Gasteiger partial charge < -0.3 is 0 Å². The van der Waals surface area contributed by atoms with Gasteiger partial charge in [0.25, 0.3) is 0 Å². The Morgan fingerprint density at radius 1 is 1.54 bits per heavy atom. The zero-order chi connectivity index (χ0) is 10.3. The lowest BCUT2D eigenvalue weighted by Gasteiger charge is -1.95. The van der Waals surface area contributed by atoms with Gasteiger partial charge in [0.1, 0.15) is 0 Å². The molecular formula is C10H17N3. The number of imidazole rings is 1. The molecule has 0 atom stereocenters. The number of hydrogen-bond donors (Lipinski definition) is 0. The van der Waals surface area contributed by atoms with Gasteiger partial charge in [0.05, 0.1) is 0 Å². The van der Waals surface area contributed by atoms with E-state index in [1.807, 2.05) is 27.7 Å². The Bertz CT molecular complexity index is 280. The first-order chi connectivity index (χ1) is 6.24. The van der Waals surface area contributed by atoms with Crippen molar-refractivity contribution in [1.82, 2.24) is 9.66 Å². The van der Waals surface area contributed by atoms with Gasteiger partial charge in [-0.3, -0.25) is 0 Å². The molecule has 13 heavy (non-hydrogen) atoms. The Labute approximate surface area is 79.8 Å². The molecule has 1 heterocycles. The summed E-state index contributed by atoms with van der Waals surface area (Å²) in [4.78, 5) is 4.03. The molecule has 0 N–H and O–H groups in total. The summed E-state index contributed by atoms with van der Waals surface area (Å²) >= 11 is 0. The van der Waals surface area contributed by atoms with Crippen molar-refractivity contribution in [2.24, 2.45) is 5.10 Å². The predicted octanol–water partition coefficient (Wildman–Crippen LogP) is 2.80. The van der Waals surface area contributed by atoms with E-state index < -0.39 is 0 Å². The van der Waals surface area contributed by atoms with E-state index in [0.29, 0.717) is 0 Å². The highest BCUT2D eigenvalue weighted by Gasteiger charge is 1.93. The van der Waals surface area contributed by atoms with E-state index in [-0.39, 0.29) is 0 Å². The van der Waals surface area contributed by atoms with Gasteiger partial charge in [-0.2, -0.15) is 5.10 Å². The summed E-state index contributed by atoms with van der Waals surface area (Å²) in [6.07, 6.45) is 5.17. The van der Waals surface area contributed by atoms with Crippen molar-refractivity contribution < 1.29 is 0 Å². The lowest BCUT2D eigenvalue weighted by molar-refractivity contribution is 0.859. The number of hydrogen-bond acceptors (Lipinski definition) is 2. The monoisotopic (exact) mass is 179 g/mol. The van der Waals surface area contributed by atoms with E-state index in [2.05, 4.69) is 16.7 Å². The molecule has 0 bridgehead atoms. The maximum atomic E-state index is 4.19. The molecule has 3 nitrogen and oxygen atoms in total. The van der Waals surface area contributed by atoms with Crippen molar-refractivity contribution in [3.63, 3.8) is 0 Å². The topological polar surface area (TPSA) is 30.2 Å². The molecule has 0 radical (unpaired) electrons. The second-order valence-electron chi connectivity index (χ2n) is 2.38. The van der Waals surface area contributed by atoms with Gasteiger partial charge in [-0.05, 0) is 19.9 Å². The summed E-state index contributed by atoms with van der Waals surface area (Å²) in [7, 11) is 0. The Kier molecular flexibility index (Phi) is 5.52. The highest BCUT2D eigenvalue weighted by atomic mass is 15.4. The molecule has 0 saturated carbocycles. The maximum Gasteiger partial charge on any atom is 0.152 e. The van der Waals surface area contributed by atoms with Crippen LogP contribution in [0.15, 0.2) is 24.1 Å². The maximum absolute atomic E-state index is 4.19. The average Bonchev–Trinajstić information content (AvgIpc) is 2.54. The number of nitrogens with zero attached hydrogens (tertiary/aromatic N) is 3. The van der Waals surface area contributed by atoms with Crippen LogP contribution in [0, 0.1) is 0 Å². The van der Waals surface area contributed by atoms with Crippen molar-refractivity contribution in [2.45, 2.75) is 27.7 Å². The third-order valence-electron chi connectivity index (χ3n) is 1.14. The van der Waals surface area contributed by atoms with Crippen molar-refractivity contribution in [3.05, 3.63) is 24.8 Å². The van der Waals surface area contributed by atoms with Crippen LogP contribution in [0.25, 0.3) is 6.08 Å². The molecule has 0 aliphatic heterocycles. The number of rotatable bonds is 2. The van der Waals surface area contributed by atoms with E-state index in [1.165, 1.54) is 0 Å². The average molecular weight is 179 g/mol. The van der Waals surface area contributed by atoms with Crippen LogP contribution >= 0.6 is 0 Å². The Balaban J connectivity index is 0.000000671. The summed E-state index contributed by atoms with van der Waals surface area (Å²) in [5.74, 6) is 0.770. The molecule has 1 aromatic rings. The standard InChI is InChI=1S/C8H11N3.C2H6/c1-4-8-9-5-6-11(8)10-7(2)3;1-2/h4-6H,1H2,2-3H3;1-2H3. The van der Waals surface area contributed by atoms with E-state index in [0.717, 1.165) is 11.5 Å². The van der Waals surface area contributed by atoms with Crippen LogP contribution < -0.4 is 0 Å². The minimum Gasteiger partial charge on any atom is -0.236 e. The Morgan fingerprint density at radius 2 is 2.15 bits per heavy atom. The van der Waals surface area contributed by atoms with Crippen LogP contribution in [0.5, 0.6) is 0 Å². The van der Waals surface area contributed by atoms with E-state index in [4.69, 9.17) is 0 Å². The molecule has 1 rings (SSSR count). The second kappa shape index (κ2) is 6.17. The van der Waals surface area contributed by atoms with Gasteiger partial charge in [-0.1, -0.05) is 20.4 Å². The Hall–Kier alpha value is -1.38. The summed E-state index contributed by atoms with van der Waals surface area (Å²) < 4.78 is 1.70. The smallest absolute Gasteiger partial charge is 0.152 e. The van der Waals surface area contributed by atoms with Crippen molar-refractivity contribution in [2.75, 3.05) is 0 Å². The normalized spacial score (nSPS) is 8.31. The first kappa shape index (κ1) is 11.6. The summed E-state index contributed by atoms with van der Waals surface area (Å²) in [5, 5.41) is 4.19. The van der Waals surface area contributed by atoms with Gasteiger partial charge in [-0.25, -0.2) is 9.66 Å². The number of aromatic nitrogens is 2. The fraction of sp³-hybridized carbons (Fsp3) is 0.400. The molecule has 0 unspecified atom stereocenters. The van der Waals surface area contributed by atoms with Crippen LogP contribution in [0.2, 0.25) is 0 Å². The van der Waals surface area contributed by atoms with Crippen molar-refractivity contribution >= 4 is 11.8 Å². The van der Waals surface area contributed by atoms with E-state index in [1.54, 1.807) is 23.1 Å². The minimum absolute atomic E-state index is 0.770. The molecule has 0 aliphatic carbocycles. The molecule has 0 saturated heterocycles. The fourth-order valence-electron chi connectivity index (χ4n) is 0.755. The van der Waals surface area contributed by atoms with Gasteiger partial charge in [-0.15, -0.1) is 0 Å². The van der Waals surface area contributed by atoms with Gasteiger partial charge in [0, 0.05) is 18.1 Å². The highest BCUT2D eigenvalue weighted by molar-refractivity contribution is 5.79. The Morgan fingerprint density at radius 3 is 2.62 bits per heavy atom.